The molecule has 0 bridgehead atoms. The van der Waals surface area contributed by atoms with Gasteiger partial charge in [0.05, 0.1) is 18.2 Å². The van der Waals surface area contributed by atoms with Crippen LogP contribution in [-0.2, 0) is 6.54 Å². The summed E-state index contributed by atoms with van der Waals surface area (Å²) in [6, 6.07) is 6.16. The molecule has 0 saturated carbocycles. The van der Waals surface area contributed by atoms with E-state index >= 15 is 0 Å². The number of benzene rings is 1. The Kier molecular flexibility index (Phi) is 2.60. The van der Waals surface area contributed by atoms with Crippen molar-refractivity contribution in [2.24, 2.45) is 0 Å². The standard InChI is InChI=1S/C10H8FN5/c1-7-13-14-15-16(7)6-9-4-8(5-12)2-3-10(9)11/h2-4H,6H2,1H3. The quantitative estimate of drug-likeness (QED) is 0.753. The first-order valence-corrected chi connectivity index (χ1v) is 4.62. The molecule has 0 amide bonds. The number of rotatable bonds is 2. The van der Waals surface area contributed by atoms with Gasteiger partial charge in [-0.25, -0.2) is 9.07 Å². The molecule has 0 unspecified atom stereocenters. The van der Waals surface area contributed by atoms with E-state index in [9.17, 15) is 4.39 Å². The van der Waals surface area contributed by atoms with Crippen LogP contribution in [0.2, 0.25) is 0 Å². The highest BCUT2D eigenvalue weighted by Crippen LogP contribution is 2.11. The molecule has 0 saturated heterocycles. The van der Waals surface area contributed by atoms with Crippen molar-refractivity contribution in [2.75, 3.05) is 0 Å². The number of aryl methyl sites for hydroxylation is 1. The number of nitriles is 1. The first kappa shape index (κ1) is 10.2. The molecule has 0 fully saturated rings. The zero-order valence-corrected chi connectivity index (χ0v) is 8.55. The molecule has 6 heteroatoms. The van der Waals surface area contributed by atoms with Gasteiger partial charge in [0, 0.05) is 5.56 Å². The summed E-state index contributed by atoms with van der Waals surface area (Å²) in [6.45, 7) is 1.95. The third-order valence-corrected chi connectivity index (χ3v) is 2.21. The summed E-state index contributed by atoms with van der Waals surface area (Å²) in [5, 5.41) is 19.6. The highest BCUT2D eigenvalue weighted by Gasteiger charge is 2.07. The van der Waals surface area contributed by atoms with Gasteiger partial charge in [-0.1, -0.05) is 0 Å². The lowest BCUT2D eigenvalue weighted by Crippen LogP contribution is -2.06. The minimum atomic E-state index is -0.367. The molecule has 2 aromatic rings. The van der Waals surface area contributed by atoms with Crippen molar-refractivity contribution in [1.29, 1.82) is 5.26 Å². The second-order valence-electron chi connectivity index (χ2n) is 3.30. The molecule has 0 N–H and O–H groups in total. The number of hydrogen-bond acceptors (Lipinski definition) is 4. The fraction of sp³-hybridized carbons (Fsp3) is 0.200. The van der Waals surface area contributed by atoms with E-state index in [0.29, 0.717) is 17.0 Å². The number of hydrogen-bond donors (Lipinski definition) is 0. The van der Waals surface area contributed by atoms with Crippen LogP contribution in [0.3, 0.4) is 0 Å². The Morgan fingerprint density at radius 1 is 1.50 bits per heavy atom. The first-order chi connectivity index (χ1) is 7.70. The van der Waals surface area contributed by atoms with Gasteiger partial charge in [0.25, 0.3) is 0 Å². The van der Waals surface area contributed by atoms with Gasteiger partial charge in [-0.2, -0.15) is 5.26 Å². The van der Waals surface area contributed by atoms with Gasteiger partial charge in [-0.15, -0.1) is 5.10 Å². The molecule has 16 heavy (non-hydrogen) atoms. The van der Waals surface area contributed by atoms with Gasteiger partial charge in [0.15, 0.2) is 0 Å². The van der Waals surface area contributed by atoms with Gasteiger partial charge >= 0.3 is 0 Å². The maximum absolute atomic E-state index is 13.4. The molecule has 0 radical (unpaired) electrons. The SMILES string of the molecule is Cc1nnnn1Cc1cc(C#N)ccc1F. The van der Waals surface area contributed by atoms with E-state index in [2.05, 4.69) is 15.5 Å². The Morgan fingerprint density at radius 3 is 2.94 bits per heavy atom. The molecule has 0 aliphatic carbocycles. The van der Waals surface area contributed by atoms with Gasteiger partial charge in [0.1, 0.15) is 11.6 Å². The van der Waals surface area contributed by atoms with Crippen LogP contribution < -0.4 is 0 Å². The average molecular weight is 217 g/mol. The fourth-order valence-corrected chi connectivity index (χ4v) is 1.32. The predicted molar refractivity (Wildman–Crippen MR) is 52.8 cm³/mol. The van der Waals surface area contributed by atoms with Gasteiger partial charge in [-0.3, -0.25) is 0 Å². The van der Waals surface area contributed by atoms with Crippen LogP contribution >= 0.6 is 0 Å². The van der Waals surface area contributed by atoms with E-state index in [4.69, 9.17) is 5.26 Å². The number of nitrogens with zero attached hydrogens (tertiary/aromatic N) is 5. The highest BCUT2D eigenvalue weighted by molar-refractivity contribution is 5.33. The minimum Gasteiger partial charge on any atom is -0.225 e. The number of aromatic nitrogens is 4. The second kappa shape index (κ2) is 4.06. The van der Waals surface area contributed by atoms with Crippen molar-refractivity contribution >= 4 is 0 Å². The lowest BCUT2D eigenvalue weighted by Gasteiger charge is -2.03. The molecule has 0 aliphatic rings. The zero-order valence-electron chi connectivity index (χ0n) is 8.55. The Hall–Kier alpha value is -2.29. The van der Waals surface area contributed by atoms with Crippen molar-refractivity contribution < 1.29 is 4.39 Å². The highest BCUT2D eigenvalue weighted by atomic mass is 19.1. The van der Waals surface area contributed by atoms with Crippen molar-refractivity contribution in [1.82, 2.24) is 20.2 Å². The van der Waals surface area contributed by atoms with Crippen LogP contribution in [-0.4, -0.2) is 20.2 Å². The maximum Gasteiger partial charge on any atom is 0.148 e. The smallest absolute Gasteiger partial charge is 0.148 e. The third-order valence-electron chi connectivity index (χ3n) is 2.21. The van der Waals surface area contributed by atoms with Crippen molar-refractivity contribution in [3.8, 4) is 6.07 Å². The summed E-state index contributed by atoms with van der Waals surface area (Å²) in [6.07, 6.45) is 0. The van der Waals surface area contributed by atoms with Crippen molar-refractivity contribution in [3.05, 3.63) is 41.0 Å². The second-order valence-corrected chi connectivity index (χ2v) is 3.30. The summed E-state index contributed by atoms with van der Waals surface area (Å²) in [7, 11) is 0. The van der Waals surface area contributed by atoms with Crippen LogP contribution in [0.5, 0.6) is 0 Å². The van der Waals surface area contributed by atoms with Crippen LogP contribution in [0.15, 0.2) is 18.2 Å². The third kappa shape index (κ3) is 1.88. The first-order valence-electron chi connectivity index (χ1n) is 4.62. The maximum atomic E-state index is 13.4. The average Bonchev–Trinajstić information content (AvgIpc) is 2.68. The van der Waals surface area contributed by atoms with Gasteiger partial charge < -0.3 is 0 Å². The van der Waals surface area contributed by atoms with Crippen molar-refractivity contribution in [2.45, 2.75) is 13.5 Å². The topological polar surface area (TPSA) is 67.4 Å². The van der Waals surface area contributed by atoms with E-state index in [1.807, 2.05) is 6.07 Å². The summed E-state index contributed by atoms with van der Waals surface area (Å²) in [4.78, 5) is 0. The molecule has 80 valence electrons. The van der Waals surface area contributed by atoms with Gasteiger partial charge in [-0.05, 0) is 35.5 Å². The number of tetrazole rings is 1. The summed E-state index contributed by atoms with van der Waals surface area (Å²) in [5.41, 5.74) is 0.816. The normalized spacial score (nSPS) is 10.1. The Labute approximate surface area is 91.1 Å². The lowest BCUT2D eigenvalue weighted by molar-refractivity contribution is 0.571. The molecule has 1 aromatic heterocycles. The summed E-state index contributed by atoms with van der Waals surface area (Å²) < 4.78 is 14.9. The molecule has 2 rings (SSSR count). The van der Waals surface area contributed by atoms with E-state index < -0.39 is 0 Å². The summed E-state index contributed by atoms with van der Waals surface area (Å²) in [5.74, 6) is 0.232. The number of halogens is 1. The fourth-order valence-electron chi connectivity index (χ4n) is 1.32. The minimum absolute atomic E-state index is 0.222. The molecule has 5 nitrogen and oxygen atoms in total. The Bertz CT molecular complexity index is 555. The molecule has 0 spiro atoms. The molecular weight excluding hydrogens is 209 g/mol. The van der Waals surface area contributed by atoms with E-state index in [1.165, 1.54) is 22.9 Å². The van der Waals surface area contributed by atoms with Crippen LogP contribution in [0.25, 0.3) is 0 Å². The largest absolute Gasteiger partial charge is 0.225 e. The van der Waals surface area contributed by atoms with Crippen LogP contribution in [0.4, 0.5) is 4.39 Å². The van der Waals surface area contributed by atoms with E-state index in [-0.39, 0.29) is 12.4 Å². The molecule has 1 aromatic carbocycles. The molecule has 0 atom stereocenters. The monoisotopic (exact) mass is 217 g/mol. The summed E-state index contributed by atoms with van der Waals surface area (Å²) >= 11 is 0. The Balaban J connectivity index is 2.35. The van der Waals surface area contributed by atoms with Crippen LogP contribution in [0, 0.1) is 24.1 Å². The van der Waals surface area contributed by atoms with E-state index in [1.54, 1.807) is 6.92 Å². The Morgan fingerprint density at radius 2 is 2.31 bits per heavy atom. The molecule has 0 aliphatic heterocycles. The van der Waals surface area contributed by atoms with Crippen molar-refractivity contribution in [3.63, 3.8) is 0 Å². The van der Waals surface area contributed by atoms with Crippen LogP contribution in [0.1, 0.15) is 17.0 Å². The molecule has 1 heterocycles. The predicted octanol–water partition coefficient (Wildman–Crippen LogP) is 1.04. The van der Waals surface area contributed by atoms with Gasteiger partial charge in [0.2, 0.25) is 0 Å². The molecular formula is C10H8FN5. The van der Waals surface area contributed by atoms with E-state index in [0.717, 1.165) is 0 Å². The zero-order chi connectivity index (χ0) is 11.5. The lowest BCUT2D eigenvalue weighted by atomic mass is 10.1.